The molecule has 0 saturated carbocycles. The number of ketones is 1. The quantitative estimate of drug-likeness (QED) is 0.544. The maximum absolute atomic E-state index is 13.0. The van der Waals surface area contributed by atoms with Gasteiger partial charge in [-0.2, -0.15) is 5.06 Å². The van der Waals surface area contributed by atoms with Crippen LogP contribution in [0.25, 0.3) is 0 Å². The lowest BCUT2D eigenvalue weighted by Gasteiger charge is -2.25. The Hall–Kier alpha value is -1.57. The van der Waals surface area contributed by atoms with Crippen LogP contribution in [0.4, 0.5) is 5.69 Å². The van der Waals surface area contributed by atoms with E-state index in [-0.39, 0.29) is 25.4 Å². The fourth-order valence-corrected chi connectivity index (χ4v) is 4.86. The molecule has 26 heavy (non-hydrogen) atoms. The molecule has 0 aromatic heterocycles. The predicted octanol–water partition coefficient (Wildman–Crippen LogP) is 3.06. The number of carbonyl (C=O) groups is 2. The Morgan fingerprint density at radius 3 is 2.46 bits per heavy atom. The molecule has 0 spiro atoms. The lowest BCUT2D eigenvalue weighted by atomic mass is 10.1. The Kier molecular flexibility index (Phi) is 7.08. The summed E-state index contributed by atoms with van der Waals surface area (Å²) >= 11 is 0. The van der Waals surface area contributed by atoms with Crippen LogP contribution in [0.3, 0.4) is 0 Å². The van der Waals surface area contributed by atoms with E-state index in [1.807, 2.05) is 0 Å². The fourth-order valence-electron chi connectivity index (χ4n) is 2.82. The van der Waals surface area contributed by atoms with Gasteiger partial charge in [-0.05, 0) is 32.9 Å². The molecule has 144 valence electrons. The van der Waals surface area contributed by atoms with E-state index in [1.54, 1.807) is 45.2 Å². The first-order valence-electron chi connectivity index (χ1n) is 8.51. The first-order valence-corrected chi connectivity index (χ1v) is 10.1. The number of nitrogens with one attached hydrogen (secondary N) is 1. The number of anilines is 1. The van der Waals surface area contributed by atoms with Gasteiger partial charge in [-0.15, -0.1) is 0 Å². The van der Waals surface area contributed by atoms with Gasteiger partial charge in [-0.1, -0.05) is 12.1 Å². The number of carbonyl (C=O) groups excluding carboxylic acids is 2. The largest absolute Gasteiger partial charge is 0.350 e. The number of para-hydroxylation sites is 1. The van der Waals surface area contributed by atoms with Crippen molar-refractivity contribution in [2.45, 2.75) is 39.1 Å². The van der Waals surface area contributed by atoms with Crippen molar-refractivity contribution in [2.24, 2.45) is 0 Å². The smallest absolute Gasteiger partial charge is 0.323 e. The molecule has 2 atom stereocenters. The summed E-state index contributed by atoms with van der Waals surface area (Å²) in [6, 6.07) is 6.74. The van der Waals surface area contributed by atoms with Crippen molar-refractivity contribution in [2.75, 3.05) is 25.6 Å². The number of nitrogens with zero attached hydrogens (tertiary/aromatic N) is 1. The molecule has 1 N–H and O–H groups in total. The topological polar surface area (TPSA) is 94.2 Å². The van der Waals surface area contributed by atoms with Crippen molar-refractivity contribution in [3.8, 4) is 0 Å². The fraction of sp³-hybridized carbons (Fsp3) is 0.529. The van der Waals surface area contributed by atoms with E-state index in [0.29, 0.717) is 11.3 Å². The van der Waals surface area contributed by atoms with Gasteiger partial charge in [0, 0.05) is 19.0 Å². The highest BCUT2D eigenvalue weighted by atomic mass is 31.2. The zero-order chi connectivity index (χ0) is 19.3. The molecule has 2 rings (SSSR count). The minimum Gasteiger partial charge on any atom is -0.323 e. The highest BCUT2D eigenvalue weighted by Crippen LogP contribution is 2.57. The zero-order valence-electron chi connectivity index (χ0n) is 15.4. The summed E-state index contributed by atoms with van der Waals surface area (Å²) in [7, 11) is -1.85. The second kappa shape index (κ2) is 8.88. The molecule has 9 heteroatoms. The molecule has 8 nitrogen and oxygen atoms in total. The maximum atomic E-state index is 13.0. The number of hydrogen-bond donors (Lipinski definition) is 1. The number of hydrogen-bond acceptors (Lipinski definition) is 7. The highest BCUT2D eigenvalue weighted by molar-refractivity contribution is 7.54. The molecule has 1 aromatic carbocycles. The molecule has 1 saturated heterocycles. The van der Waals surface area contributed by atoms with Gasteiger partial charge < -0.3 is 14.4 Å². The predicted molar refractivity (Wildman–Crippen MR) is 97.0 cm³/mol. The molecule has 1 aromatic rings. The number of benzene rings is 1. The minimum atomic E-state index is -3.44. The SMILES string of the molecule is CCOP(=O)(OCC)[C@@H]1C[C@@H](C(=O)Nc2ccccc2C(C)=O)ON1C. The van der Waals surface area contributed by atoms with Gasteiger partial charge in [0.1, 0.15) is 5.78 Å². The molecule has 1 aliphatic heterocycles. The van der Waals surface area contributed by atoms with Crippen molar-refractivity contribution >= 4 is 25.0 Å². The number of rotatable bonds is 8. The summed E-state index contributed by atoms with van der Waals surface area (Å²) in [5, 5.41) is 4.06. The Balaban J connectivity index is 2.13. The third kappa shape index (κ3) is 4.58. The van der Waals surface area contributed by atoms with E-state index in [2.05, 4.69) is 5.32 Å². The van der Waals surface area contributed by atoms with Gasteiger partial charge in [-0.3, -0.25) is 19.0 Å². The van der Waals surface area contributed by atoms with Gasteiger partial charge in [0.15, 0.2) is 11.9 Å². The summed E-state index contributed by atoms with van der Waals surface area (Å²) in [5.41, 5.74) is 0.829. The Labute approximate surface area is 153 Å². The third-order valence-corrected chi connectivity index (χ3v) is 6.48. The van der Waals surface area contributed by atoms with Gasteiger partial charge in [0.05, 0.1) is 18.9 Å². The molecule has 1 heterocycles. The molecule has 1 amide bonds. The number of Topliss-reactive ketones (excluding diaryl/α,β-unsaturated/α-hetero) is 1. The second-order valence-corrected chi connectivity index (χ2v) is 8.02. The standard InChI is InChI=1S/C17H25N2O6P/c1-5-23-26(22,24-6-2)16-11-15(25-19(16)4)17(21)18-14-10-8-7-9-13(14)12(3)20/h7-10,15-16H,5-6,11H2,1-4H3,(H,18,21)/t15-,16+/m0/s1. The summed E-state index contributed by atoms with van der Waals surface area (Å²) < 4.78 is 23.7. The minimum absolute atomic E-state index is 0.152. The monoisotopic (exact) mass is 384 g/mol. The Morgan fingerprint density at radius 1 is 1.27 bits per heavy atom. The molecular formula is C17H25N2O6P. The van der Waals surface area contributed by atoms with Crippen molar-refractivity contribution < 1.29 is 28.0 Å². The van der Waals surface area contributed by atoms with Crippen molar-refractivity contribution in [1.29, 1.82) is 0 Å². The van der Waals surface area contributed by atoms with Crippen LogP contribution in [0.2, 0.25) is 0 Å². The molecule has 0 unspecified atom stereocenters. The average molecular weight is 384 g/mol. The Bertz CT molecular complexity index is 700. The van der Waals surface area contributed by atoms with E-state index >= 15 is 0 Å². The van der Waals surface area contributed by atoms with Gasteiger partial charge in [0.2, 0.25) is 0 Å². The lowest BCUT2D eigenvalue weighted by Crippen LogP contribution is -2.29. The number of amides is 1. The highest BCUT2D eigenvalue weighted by Gasteiger charge is 2.48. The normalized spacial score (nSPS) is 20.9. The van der Waals surface area contributed by atoms with Crippen LogP contribution in [-0.4, -0.2) is 48.9 Å². The van der Waals surface area contributed by atoms with Crippen molar-refractivity contribution in [3.63, 3.8) is 0 Å². The molecule has 1 fully saturated rings. The van der Waals surface area contributed by atoms with E-state index in [1.165, 1.54) is 12.0 Å². The van der Waals surface area contributed by atoms with Crippen LogP contribution in [0.1, 0.15) is 37.6 Å². The van der Waals surface area contributed by atoms with Crippen LogP contribution in [0.15, 0.2) is 24.3 Å². The van der Waals surface area contributed by atoms with E-state index in [4.69, 9.17) is 13.9 Å². The first kappa shape index (κ1) is 20.7. The molecule has 0 aliphatic carbocycles. The molecule has 0 radical (unpaired) electrons. The zero-order valence-corrected chi connectivity index (χ0v) is 16.3. The van der Waals surface area contributed by atoms with Crippen molar-refractivity contribution in [3.05, 3.63) is 29.8 Å². The van der Waals surface area contributed by atoms with Gasteiger partial charge in [0.25, 0.3) is 5.91 Å². The van der Waals surface area contributed by atoms with Gasteiger partial charge >= 0.3 is 7.60 Å². The average Bonchev–Trinajstić information content (AvgIpc) is 2.98. The molecule has 0 bridgehead atoms. The summed E-state index contributed by atoms with van der Waals surface area (Å²) in [6.07, 6.45) is -0.707. The first-order chi connectivity index (χ1) is 12.3. The summed E-state index contributed by atoms with van der Waals surface area (Å²) in [5.74, 6) is -1.26. The maximum Gasteiger partial charge on any atom is 0.350 e. The van der Waals surface area contributed by atoms with E-state index in [0.717, 1.165) is 0 Å². The summed E-state index contributed by atoms with van der Waals surface area (Å²) in [4.78, 5) is 29.8. The number of hydroxylamine groups is 2. The van der Waals surface area contributed by atoms with Crippen LogP contribution in [0, 0.1) is 0 Å². The van der Waals surface area contributed by atoms with Gasteiger partial charge in [-0.25, -0.2) is 0 Å². The van der Waals surface area contributed by atoms with Crippen LogP contribution < -0.4 is 5.32 Å². The van der Waals surface area contributed by atoms with E-state index < -0.39 is 25.4 Å². The van der Waals surface area contributed by atoms with Crippen LogP contribution in [-0.2, 0) is 23.2 Å². The lowest BCUT2D eigenvalue weighted by molar-refractivity contribution is -0.155. The summed E-state index contributed by atoms with van der Waals surface area (Å²) in [6.45, 7) is 5.34. The van der Waals surface area contributed by atoms with Crippen molar-refractivity contribution in [1.82, 2.24) is 5.06 Å². The second-order valence-electron chi connectivity index (χ2n) is 5.82. The Morgan fingerprint density at radius 2 is 1.88 bits per heavy atom. The molecule has 1 aliphatic rings. The van der Waals surface area contributed by atoms with E-state index in [9.17, 15) is 14.2 Å². The van der Waals surface area contributed by atoms with Crippen LogP contribution in [0.5, 0.6) is 0 Å². The van der Waals surface area contributed by atoms with Crippen LogP contribution >= 0.6 is 7.60 Å². The third-order valence-electron chi connectivity index (χ3n) is 3.98. The molecular weight excluding hydrogens is 359 g/mol.